The second kappa shape index (κ2) is 7.94. The van der Waals surface area contributed by atoms with Crippen LogP contribution in [0.15, 0.2) is 54.0 Å². The number of fused-ring (bicyclic) bond motifs is 1. The van der Waals surface area contributed by atoms with Gasteiger partial charge in [-0.1, -0.05) is 23.8 Å². The van der Waals surface area contributed by atoms with E-state index in [4.69, 9.17) is 4.98 Å². The Balaban J connectivity index is 1.51. The zero-order valence-electron chi connectivity index (χ0n) is 16.0. The van der Waals surface area contributed by atoms with Crippen molar-refractivity contribution in [3.05, 3.63) is 75.9 Å². The van der Waals surface area contributed by atoms with Gasteiger partial charge in [-0.05, 0) is 49.1 Å². The first-order valence-electron chi connectivity index (χ1n) is 9.30. The van der Waals surface area contributed by atoms with Crippen LogP contribution in [-0.2, 0) is 17.8 Å². The summed E-state index contributed by atoms with van der Waals surface area (Å²) >= 11 is 1.71. The molecule has 4 rings (SSSR count). The van der Waals surface area contributed by atoms with Crippen molar-refractivity contribution in [2.45, 2.75) is 33.2 Å². The van der Waals surface area contributed by atoms with Gasteiger partial charge in [-0.3, -0.25) is 4.79 Å². The molecule has 0 bridgehead atoms. The Kier molecular flexibility index (Phi) is 5.21. The fourth-order valence-electron chi connectivity index (χ4n) is 3.31. The number of thiophene rings is 1. The molecule has 4 aromatic rings. The van der Waals surface area contributed by atoms with Gasteiger partial charge in [-0.25, -0.2) is 9.97 Å². The van der Waals surface area contributed by atoms with Gasteiger partial charge in [0, 0.05) is 29.6 Å². The summed E-state index contributed by atoms with van der Waals surface area (Å²) in [6, 6.07) is 14.0. The average molecular weight is 391 g/mol. The van der Waals surface area contributed by atoms with E-state index in [0.29, 0.717) is 12.8 Å². The van der Waals surface area contributed by atoms with Crippen molar-refractivity contribution in [1.82, 2.24) is 14.5 Å². The molecule has 1 aromatic carbocycles. The van der Waals surface area contributed by atoms with Gasteiger partial charge in [-0.15, -0.1) is 11.3 Å². The summed E-state index contributed by atoms with van der Waals surface area (Å²) in [7, 11) is 0. The van der Waals surface area contributed by atoms with Gasteiger partial charge in [-0.2, -0.15) is 0 Å². The second-order valence-electron chi connectivity index (χ2n) is 6.91. The molecule has 0 unspecified atom stereocenters. The van der Waals surface area contributed by atoms with Crippen molar-refractivity contribution in [3.63, 3.8) is 0 Å². The number of nitrogens with zero attached hydrogens (tertiary/aromatic N) is 3. The lowest BCUT2D eigenvalue weighted by Crippen LogP contribution is -2.15. The number of rotatable bonds is 6. The summed E-state index contributed by atoms with van der Waals surface area (Å²) < 4.78 is 2.12. The van der Waals surface area contributed by atoms with Crippen LogP contribution in [0.3, 0.4) is 0 Å². The van der Waals surface area contributed by atoms with Crippen LogP contribution in [0.5, 0.6) is 0 Å². The van der Waals surface area contributed by atoms with Crippen LogP contribution in [0.2, 0.25) is 0 Å². The molecule has 0 saturated heterocycles. The van der Waals surface area contributed by atoms with Gasteiger partial charge >= 0.3 is 0 Å². The van der Waals surface area contributed by atoms with E-state index in [0.717, 1.165) is 34.8 Å². The zero-order chi connectivity index (χ0) is 19.5. The molecule has 1 N–H and O–H groups in total. The fourth-order valence-corrected chi connectivity index (χ4v) is 4.01. The van der Waals surface area contributed by atoms with Crippen LogP contribution < -0.4 is 5.32 Å². The van der Waals surface area contributed by atoms with E-state index in [9.17, 15) is 4.79 Å². The van der Waals surface area contributed by atoms with Crippen molar-refractivity contribution >= 4 is 34.1 Å². The van der Waals surface area contributed by atoms with Crippen LogP contribution in [0.25, 0.3) is 11.2 Å². The Morgan fingerprint density at radius 3 is 2.86 bits per heavy atom. The first kappa shape index (κ1) is 18.4. The molecule has 6 heteroatoms. The highest BCUT2D eigenvalue weighted by molar-refractivity contribution is 7.09. The van der Waals surface area contributed by atoms with E-state index < -0.39 is 0 Å². The maximum atomic E-state index is 12.5. The highest BCUT2D eigenvalue weighted by Crippen LogP contribution is 2.20. The van der Waals surface area contributed by atoms with Crippen LogP contribution in [0, 0.1) is 13.8 Å². The quantitative estimate of drug-likeness (QED) is 0.518. The Hall–Kier alpha value is -2.99. The smallest absolute Gasteiger partial charge is 0.224 e. The van der Waals surface area contributed by atoms with Crippen LogP contribution in [0.4, 0.5) is 5.69 Å². The summed E-state index contributed by atoms with van der Waals surface area (Å²) in [5.41, 5.74) is 4.85. The van der Waals surface area contributed by atoms with Gasteiger partial charge in [0.05, 0.1) is 6.54 Å². The standard InChI is InChI=1S/C22H22N4OS/c1-15-7-8-18(16(2)13-15)25-21(27)10-9-20-24-19-6-3-11-23-22(19)26(20)14-17-5-4-12-28-17/h3-8,11-13H,9-10,14H2,1-2H3,(H,25,27). The Labute approximate surface area is 168 Å². The molecule has 0 fully saturated rings. The Bertz CT molecular complexity index is 1110. The van der Waals surface area contributed by atoms with Crippen molar-refractivity contribution in [2.24, 2.45) is 0 Å². The molecular weight excluding hydrogens is 368 g/mol. The normalized spacial score (nSPS) is 11.1. The maximum absolute atomic E-state index is 12.5. The number of aryl methyl sites for hydroxylation is 3. The van der Waals surface area contributed by atoms with Gasteiger partial charge in [0.2, 0.25) is 5.91 Å². The molecule has 0 atom stereocenters. The number of hydrogen-bond acceptors (Lipinski definition) is 4. The highest BCUT2D eigenvalue weighted by Gasteiger charge is 2.14. The van der Waals surface area contributed by atoms with Crippen molar-refractivity contribution in [2.75, 3.05) is 5.32 Å². The number of pyridine rings is 1. The monoisotopic (exact) mass is 390 g/mol. The van der Waals surface area contributed by atoms with Gasteiger partial charge in [0.15, 0.2) is 5.65 Å². The van der Waals surface area contributed by atoms with E-state index in [-0.39, 0.29) is 5.91 Å². The third-order valence-electron chi connectivity index (χ3n) is 4.71. The molecule has 5 nitrogen and oxygen atoms in total. The lowest BCUT2D eigenvalue weighted by molar-refractivity contribution is -0.116. The van der Waals surface area contributed by atoms with E-state index in [1.54, 1.807) is 17.5 Å². The summed E-state index contributed by atoms with van der Waals surface area (Å²) in [6.45, 7) is 4.78. The first-order chi connectivity index (χ1) is 13.6. The van der Waals surface area contributed by atoms with E-state index >= 15 is 0 Å². The van der Waals surface area contributed by atoms with E-state index in [1.165, 1.54) is 10.4 Å². The number of anilines is 1. The summed E-state index contributed by atoms with van der Waals surface area (Å²) in [5, 5.41) is 5.09. The molecule has 28 heavy (non-hydrogen) atoms. The summed E-state index contributed by atoms with van der Waals surface area (Å²) in [5.74, 6) is 0.882. The molecule has 0 radical (unpaired) electrons. The third kappa shape index (κ3) is 3.97. The molecule has 0 aliphatic carbocycles. The SMILES string of the molecule is Cc1ccc(NC(=O)CCc2nc3cccnc3n2Cc2cccs2)c(C)c1. The number of nitrogens with one attached hydrogen (secondary N) is 1. The molecule has 0 aliphatic heterocycles. The van der Waals surface area contributed by atoms with Crippen LogP contribution in [-0.4, -0.2) is 20.4 Å². The number of amides is 1. The minimum absolute atomic E-state index is 0.00496. The second-order valence-corrected chi connectivity index (χ2v) is 7.94. The van der Waals surface area contributed by atoms with Crippen LogP contribution in [0.1, 0.15) is 28.2 Å². The van der Waals surface area contributed by atoms with Crippen LogP contribution >= 0.6 is 11.3 Å². The van der Waals surface area contributed by atoms with Gasteiger partial charge in [0.25, 0.3) is 0 Å². The third-order valence-corrected chi connectivity index (χ3v) is 5.57. The predicted molar refractivity (Wildman–Crippen MR) is 114 cm³/mol. The number of imidazole rings is 1. The number of carbonyl (C=O) groups is 1. The Morgan fingerprint density at radius 2 is 2.07 bits per heavy atom. The molecule has 142 valence electrons. The number of benzene rings is 1. The average Bonchev–Trinajstić information content (AvgIpc) is 3.31. The molecule has 3 aromatic heterocycles. The Morgan fingerprint density at radius 1 is 1.18 bits per heavy atom. The largest absolute Gasteiger partial charge is 0.326 e. The maximum Gasteiger partial charge on any atom is 0.224 e. The molecule has 0 saturated carbocycles. The lowest BCUT2D eigenvalue weighted by atomic mass is 10.1. The van der Waals surface area contributed by atoms with Gasteiger partial charge < -0.3 is 9.88 Å². The fraction of sp³-hybridized carbons (Fsp3) is 0.227. The molecule has 0 aliphatic rings. The van der Waals surface area contributed by atoms with Crippen molar-refractivity contribution in [3.8, 4) is 0 Å². The topological polar surface area (TPSA) is 59.8 Å². The summed E-state index contributed by atoms with van der Waals surface area (Å²) in [6.07, 6.45) is 2.73. The number of carbonyl (C=O) groups excluding carboxylic acids is 1. The predicted octanol–water partition coefficient (Wildman–Crippen LogP) is 4.73. The minimum Gasteiger partial charge on any atom is -0.326 e. The summed E-state index contributed by atoms with van der Waals surface area (Å²) in [4.78, 5) is 23.0. The molecule has 0 spiro atoms. The van der Waals surface area contributed by atoms with E-state index in [1.807, 2.05) is 44.2 Å². The number of hydrogen-bond donors (Lipinski definition) is 1. The first-order valence-corrected chi connectivity index (χ1v) is 10.2. The van der Waals surface area contributed by atoms with Crippen molar-refractivity contribution in [1.29, 1.82) is 0 Å². The highest BCUT2D eigenvalue weighted by atomic mass is 32.1. The zero-order valence-corrected chi connectivity index (χ0v) is 16.8. The van der Waals surface area contributed by atoms with Crippen molar-refractivity contribution < 1.29 is 4.79 Å². The molecule has 3 heterocycles. The van der Waals surface area contributed by atoms with E-state index in [2.05, 4.69) is 32.4 Å². The minimum atomic E-state index is -0.00496. The van der Waals surface area contributed by atoms with Gasteiger partial charge in [0.1, 0.15) is 11.3 Å². The molecule has 1 amide bonds. The molecular formula is C22H22N4OS. The number of aromatic nitrogens is 3. The lowest BCUT2D eigenvalue weighted by Gasteiger charge is -2.10.